The molecule has 0 unspecified atom stereocenters. The normalized spacial score (nSPS) is 20.1. The van der Waals surface area contributed by atoms with Crippen LogP contribution in [0.2, 0.25) is 0 Å². The molecule has 1 aromatic carbocycles. The molecule has 232 valence electrons. The fourth-order valence-electron chi connectivity index (χ4n) is 4.75. The second kappa shape index (κ2) is 15.9. The van der Waals surface area contributed by atoms with Crippen LogP contribution in [0.25, 0.3) is 11.3 Å². The minimum atomic E-state index is -1.34. The van der Waals surface area contributed by atoms with E-state index in [1.54, 1.807) is 30.9 Å². The van der Waals surface area contributed by atoms with Crippen LogP contribution in [0.15, 0.2) is 48.5 Å². The number of methoxy groups -OCH3 is 1. The third kappa shape index (κ3) is 9.28. The number of pyridine rings is 1. The third-order valence-electron chi connectivity index (χ3n) is 7.15. The molecule has 1 aliphatic rings. The molecule has 13 heteroatoms. The van der Waals surface area contributed by atoms with Crippen molar-refractivity contribution in [1.29, 1.82) is 0 Å². The first kappa shape index (κ1) is 34.1. The zero-order chi connectivity index (χ0) is 31.7. The van der Waals surface area contributed by atoms with Crippen molar-refractivity contribution < 1.29 is 33.7 Å². The van der Waals surface area contributed by atoms with E-state index in [0.717, 1.165) is 5.56 Å². The Hall–Kier alpha value is -3.42. The first-order chi connectivity index (χ1) is 20.4. The predicted molar refractivity (Wildman–Crippen MR) is 166 cm³/mol. The maximum Gasteiger partial charge on any atom is 0.475 e. The Morgan fingerprint density at radius 2 is 1.81 bits per heavy atom. The predicted octanol–water partition coefficient (Wildman–Crippen LogP) is 2.19. The standard InChI is InChI=1S/C30H41BN4O7S/c1-18(2)15-25(31-35(5)24(30(40)41-6)17-43-16-19(3)29(39)42-31)33-28(38)26(20(4)36)34-27(37)23-14-10-13-22(32-23)21-11-8-7-9-12-21/h7-14,18-20,24-26,36H,15-17H2,1-6H3,(H,33,38)(H,34,37)/t19-,20-,24-,25+,26+/m1/s1. The molecule has 0 saturated carbocycles. The van der Waals surface area contributed by atoms with Gasteiger partial charge in [-0.2, -0.15) is 11.8 Å². The SMILES string of the molecule is COC(=O)[C@H]1CSC[C@@H](C)C(=O)OB([C@H](CC(C)C)NC(=O)[C@@H](NC(=O)c2cccc(-c3ccccc3)n2)[C@@H](C)O)N1C. The summed E-state index contributed by atoms with van der Waals surface area (Å²) >= 11 is 1.45. The molecular weight excluding hydrogens is 571 g/mol. The van der Waals surface area contributed by atoms with Crippen LogP contribution in [0.5, 0.6) is 0 Å². The van der Waals surface area contributed by atoms with Crippen LogP contribution in [-0.4, -0.2) is 95.5 Å². The van der Waals surface area contributed by atoms with Crippen LogP contribution < -0.4 is 10.6 Å². The number of hydrogen-bond donors (Lipinski definition) is 3. The van der Waals surface area contributed by atoms with E-state index in [2.05, 4.69) is 15.6 Å². The van der Waals surface area contributed by atoms with Crippen LogP contribution in [0, 0.1) is 11.8 Å². The number of likely N-dealkylation sites (N-methyl/N-ethyl adjacent to an activating group) is 1. The van der Waals surface area contributed by atoms with E-state index >= 15 is 0 Å². The number of nitrogens with zero attached hydrogens (tertiary/aromatic N) is 2. The van der Waals surface area contributed by atoms with Crippen LogP contribution in [0.4, 0.5) is 0 Å². The number of nitrogens with one attached hydrogen (secondary N) is 2. The zero-order valence-corrected chi connectivity index (χ0v) is 26.3. The van der Waals surface area contributed by atoms with E-state index in [4.69, 9.17) is 9.39 Å². The average Bonchev–Trinajstić information content (AvgIpc) is 3.04. The highest BCUT2D eigenvalue weighted by Crippen LogP contribution is 2.22. The summed E-state index contributed by atoms with van der Waals surface area (Å²) in [6.45, 7) is 7.05. The summed E-state index contributed by atoms with van der Waals surface area (Å²) < 4.78 is 10.9. The number of aliphatic hydroxyl groups excluding tert-OH is 1. The second-order valence-electron chi connectivity index (χ2n) is 11.2. The number of ether oxygens (including phenoxy) is 1. The lowest BCUT2D eigenvalue weighted by Crippen LogP contribution is -2.64. The Morgan fingerprint density at radius 1 is 1.12 bits per heavy atom. The lowest BCUT2D eigenvalue weighted by Gasteiger charge is -2.35. The van der Waals surface area contributed by atoms with Crippen molar-refractivity contribution in [2.24, 2.45) is 11.8 Å². The number of carbonyl (C=O) groups is 4. The van der Waals surface area contributed by atoms with Gasteiger partial charge in [-0.15, -0.1) is 0 Å². The number of amides is 2. The van der Waals surface area contributed by atoms with Gasteiger partial charge >= 0.3 is 13.0 Å². The third-order valence-corrected chi connectivity index (χ3v) is 8.44. The molecular formula is C30H41BN4O7S. The monoisotopic (exact) mass is 612 g/mol. The summed E-state index contributed by atoms with van der Waals surface area (Å²) in [5.74, 6) is -2.58. The summed E-state index contributed by atoms with van der Waals surface area (Å²) in [6, 6.07) is 12.3. The molecule has 2 aromatic rings. The van der Waals surface area contributed by atoms with Gasteiger partial charge in [0.2, 0.25) is 5.91 Å². The lowest BCUT2D eigenvalue weighted by atomic mass is 9.66. The maximum absolute atomic E-state index is 13.7. The highest BCUT2D eigenvalue weighted by Gasteiger charge is 2.45. The number of aromatic nitrogens is 1. The number of esters is 1. The number of carbonyl (C=O) groups excluding carboxylic acids is 4. The van der Waals surface area contributed by atoms with Gasteiger partial charge in [-0.1, -0.05) is 57.2 Å². The van der Waals surface area contributed by atoms with E-state index in [9.17, 15) is 24.3 Å². The molecule has 2 heterocycles. The van der Waals surface area contributed by atoms with E-state index < -0.39 is 60.9 Å². The summed E-state index contributed by atoms with van der Waals surface area (Å²) in [7, 11) is 1.93. The van der Waals surface area contributed by atoms with Crippen LogP contribution >= 0.6 is 11.8 Å². The van der Waals surface area contributed by atoms with Crippen molar-refractivity contribution in [1.82, 2.24) is 20.4 Å². The van der Waals surface area contributed by atoms with E-state index in [-0.39, 0.29) is 11.6 Å². The van der Waals surface area contributed by atoms with Crippen LogP contribution in [-0.2, 0) is 23.8 Å². The molecule has 1 aromatic heterocycles. The van der Waals surface area contributed by atoms with Crippen LogP contribution in [0.3, 0.4) is 0 Å². The van der Waals surface area contributed by atoms with Gasteiger partial charge in [0, 0.05) is 17.1 Å². The Labute approximate surface area is 257 Å². The van der Waals surface area contributed by atoms with Crippen molar-refractivity contribution in [3.8, 4) is 11.3 Å². The van der Waals surface area contributed by atoms with E-state index in [1.165, 1.54) is 31.9 Å². The fourth-order valence-corrected chi connectivity index (χ4v) is 5.97. The molecule has 43 heavy (non-hydrogen) atoms. The molecule has 0 aliphatic carbocycles. The van der Waals surface area contributed by atoms with Gasteiger partial charge < -0.3 is 25.1 Å². The average molecular weight is 613 g/mol. The van der Waals surface area contributed by atoms with Gasteiger partial charge in [0.05, 0.1) is 30.8 Å². The number of rotatable bonds is 10. The Morgan fingerprint density at radius 3 is 2.44 bits per heavy atom. The molecule has 1 saturated heterocycles. The van der Waals surface area contributed by atoms with Crippen molar-refractivity contribution in [3.05, 3.63) is 54.2 Å². The summed E-state index contributed by atoms with van der Waals surface area (Å²) in [5.41, 5.74) is 1.49. The number of aliphatic hydroxyl groups is 1. The summed E-state index contributed by atoms with van der Waals surface area (Å²) in [6.07, 6.45) is -0.883. The molecule has 2 amide bonds. The smallest absolute Gasteiger partial charge is 0.475 e. The molecule has 1 fully saturated rings. The number of thioether (sulfide) groups is 1. The van der Waals surface area contributed by atoms with Gasteiger partial charge in [-0.3, -0.25) is 24.0 Å². The molecule has 11 nitrogen and oxygen atoms in total. The van der Waals surface area contributed by atoms with E-state index in [0.29, 0.717) is 23.6 Å². The molecule has 0 spiro atoms. The van der Waals surface area contributed by atoms with Crippen molar-refractivity contribution in [3.63, 3.8) is 0 Å². The first-order valence-corrected chi connectivity index (χ1v) is 15.5. The van der Waals surface area contributed by atoms with Crippen LogP contribution in [0.1, 0.15) is 44.6 Å². The molecule has 1 aliphatic heterocycles. The van der Waals surface area contributed by atoms with Gasteiger partial charge in [0.15, 0.2) is 0 Å². The Balaban J connectivity index is 1.87. The highest BCUT2D eigenvalue weighted by atomic mass is 32.2. The quantitative estimate of drug-likeness (QED) is 0.270. The highest BCUT2D eigenvalue weighted by molar-refractivity contribution is 7.99. The number of benzene rings is 1. The van der Waals surface area contributed by atoms with Crippen molar-refractivity contribution >= 4 is 42.6 Å². The summed E-state index contributed by atoms with van der Waals surface area (Å²) in [4.78, 5) is 58.6. The lowest BCUT2D eigenvalue weighted by molar-refractivity contribution is -0.145. The second-order valence-corrected chi connectivity index (χ2v) is 12.3. The minimum Gasteiger partial charge on any atom is -0.518 e. The van der Waals surface area contributed by atoms with Gasteiger partial charge in [-0.05, 0) is 38.4 Å². The topological polar surface area (TPSA) is 147 Å². The van der Waals surface area contributed by atoms with Gasteiger partial charge in [-0.25, -0.2) is 4.98 Å². The molecule has 5 atom stereocenters. The Bertz CT molecular complexity index is 1270. The fraction of sp³-hybridized carbons (Fsp3) is 0.500. The maximum atomic E-state index is 13.7. The minimum absolute atomic E-state index is 0.0536. The Kier molecular flexibility index (Phi) is 12.6. The van der Waals surface area contributed by atoms with Gasteiger partial charge in [0.25, 0.3) is 11.9 Å². The molecule has 0 radical (unpaired) electrons. The molecule has 0 bridgehead atoms. The van der Waals surface area contributed by atoms with Gasteiger partial charge in [0.1, 0.15) is 17.8 Å². The number of hydrogen-bond acceptors (Lipinski definition) is 10. The first-order valence-electron chi connectivity index (χ1n) is 14.3. The van der Waals surface area contributed by atoms with Crippen molar-refractivity contribution in [2.75, 3.05) is 25.7 Å². The largest absolute Gasteiger partial charge is 0.518 e. The van der Waals surface area contributed by atoms with E-state index in [1.807, 2.05) is 44.2 Å². The molecule has 3 N–H and O–H groups in total. The van der Waals surface area contributed by atoms with Crippen molar-refractivity contribution in [2.45, 2.75) is 58.2 Å². The zero-order valence-electron chi connectivity index (χ0n) is 25.5. The summed E-state index contributed by atoms with van der Waals surface area (Å²) in [5, 5.41) is 16.1. The molecule has 3 rings (SSSR count).